The molecule has 2 aromatic rings. The second-order valence-electron chi connectivity index (χ2n) is 4.48. The van der Waals surface area contributed by atoms with Crippen LogP contribution in [-0.4, -0.2) is 4.98 Å². The maximum atomic E-state index is 4.03. The summed E-state index contributed by atoms with van der Waals surface area (Å²) < 4.78 is 1.16. The van der Waals surface area contributed by atoms with Crippen molar-refractivity contribution in [1.29, 1.82) is 0 Å². The van der Waals surface area contributed by atoms with Gasteiger partial charge >= 0.3 is 0 Å². The lowest BCUT2D eigenvalue weighted by atomic mass is 10.1. The highest BCUT2D eigenvalue weighted by molar-refractivity contribution is 9.10. The van der Waals surface area contributed by atoms with Crippen LogP contribution in [-0.2, 0) is 6.54 Å². The van der Waals surface area contributed by atoms with Gasteiger partial charge in [0.15, 0.2) is 0 Å². The molecule has 1 aromatic carbocycles. The first kappa shape index (κ1) is 13.2. The van der Waals surface area contributed by atoms with Gasteiger partial charge in [-0.1, -0.05) is 28.1 Å². The second kappa shape index (κ2) is 6.12. The zero-order chi connectivity index (χ0) is 13.0. The van der Waals surface area contributed by atoms with Crippen LogP contribution in [0.1, 0.15) is 29.7 Å². The molecule has 1 heterocycles. The molecule has 0 unspecified atom stereocenters. The molecule has 94 valence electrons. The minimum Gasteiger partial charge on any atom is -0.306 e. The first-order valence-electron chi connectivity index (χ1n) is 6.05. The molecule has 0 saturated heterocycles. The molecule has 0 aliphatic carbocycles. The van der Waals surface area contributed by atoms with E-state index in [-0.39, 0.29) is 0 Å². The van der Waals surface area contributed by atoms with Crippen LogP contribution < -0.4 is 5.32 Å². The van der Waals surface area contributed by atoms with Gasteiger partial charge in [0.05, 0.1) is 0 Å². The molecule has 0 saturated carbocycles. The Balaban J connectivity index is 1.99. The van der Waals surface area contributed by atoms with Gasteiger partial charge in [-0.3, -0.25) is 4.98 Å². The Hall–Kier alpha value is -1.19. The van der Waals surface area contributed by atoms with E-state index in [0.717, 1.165) is 11.0 Å². The quantitative estimate of drug-likeness (QED) is 0.923. The fourth-order valence-corrected chi connectivity index (χ4v) is 2.46. The molecule has 1 atom stereocenters. The van der Waals surface area contributed by atoms with E-state index in [1.54, 1.807) is 0 Å². The van der Waals surface area contributed by atoms with Gasteiger partial charge in [-0.15, -0.1) is 0 Å². The van der Waals surface area contributed by atoms with Crippen molar-refractivity contribution in [3.05, 3.63) is 63.9 Å². The van der Waals surface area contributed by atoms with Crippen molar-refractivity contribution >= 4 is 15.9 Å². The summed E-state index contributed by atoms with van der Waals surface area (Å²) in [5, 5.41) is 3.52. The fraction of sp³-hybridized carbons (Fsp3) is 0.267. The first-order valence-corrected chi connectivity index (χ1v) is 6.84. The third-order valence-corrected chi connectivity index (χ3v) is 3.75. The van der Waals surface area contributed by atoms with Crippen LogP contribution in [0.15, 0.2) is 47.2 Å². The molecule has 0 spiro atoms. The number of aryl methyl sites for hydroxylation is 1. The van der Waals surface area contributed by atoms with Gasteiger partial charge in [0, 0.05) is 29.5 Å². The van der Waals surface area contributed by atoms with Crippen molar-refractivity contribution in [2.75, 3.05) is 0 Å². The van der Waals surface area contributed by atoms with Crippen molar-refractivity contribution < 1.29 is 0 Å². The van der Waals surface area contributed by atoms with E-state index in [0.29, 0.717) is 6.04 Å². The molecule has 1 N–H and O–H groups in total. The van der Waals surface area contributed by atoms with Crippen LogP contribution in [0.25, 0.3) is 0 Å². The minimum absolute atomic E-state index is 0.321. The number of rotatable bonds is 4. The summed E-state index contributed by atoms with van der Waals surface area (Å²) in [6.07, 6.45) is 3.66. The van der Waals surface area contributed by atoms with Crippen LogP contribution in [0.3, 0.4) is 0 Å². The Morgan fingerprint density at radius 1 is 1.22 bits per heavy atom. The van der Waals surface area contributed by atoms with Crippen LogP contribution in [0.4, 0.5) is 0 Å². The number of halogens is 1. The molecule has 0 aliphatic heterocycles. The van der Waals surface area contributed by atoms with Crippen molar-refractivity contribution in [2.24, 2.45) is 0 Å². The summed E-state index contributed by atoms with van der Waals surface area (Å²) in [7, 11) is 0. The lowest BCUT2D eigenvalue weighted by Crippen LogP contribution is -2.18. The third kappa shape index (κ3) is 3.40. The Morgan fingerprint density at radius 3 is 2.61 bits per heavy atom. The van der Waals surface area contributed by atoms with E-state index >= 15 is 0 Å². The lowest BCUT2D eigenvalue weighted by molar-refractivity contribution is 0.573. The lowest BCUT2D eigenvalue weighted by Gasteiger charge is -2.15. The predicted molar refractivity (Wildman–Crippen MR) is 78.4 cm³/mol. The summed E-state index contributed by atoms with van der Waals surface area (Å²) >= 11 is 3.60. The molecule has 0 fully saturated rings. The van der Waals surface area contributed by atoms with E-state index in [4.69, 9.17) is 0 Å². The van der Waals surface area contributed by atoms with Crippen molar-refractivity contribution in [2.45, 2.75) is 26.4 Å². The topological polar surface area (TPSA) is 24.9 Å². The monoisotopic (exact) mass is 304 g/mol. The van der Waals surface area contributed by atoms with Crippen molar-refractivity contribution in [3.8, 4) is 0 Å². The molecule has 0 radical (unpaired) electrons. The van der Waals surface area contributed by atoms with Gasteiger partial charge < -0.3 is 5.32 Å². The van der Waals surface area contributed by atoms with Gasteiger partial charge in [0.1, 0.15) is 0 Å². The Labute approximate surface area is 117 Å². The number of nitrogens with one attached hydrogen (secondary N) is 1. The summed E-state index contributed by atoms with van der Waals surface area (Å²) in [6, 6.07) is 10.9. The average molecular weight is 305 g/mol. The van der Waals surface area contributed by atoms with Gasteiger partial charge in [-0.2, -0.15) is 0 Å². The highest BCUT2D eigenvalue weighted by Crippen LogP contribution is 2.19. The largest absolute Gasteiger partial charge is 0.306 e. The van der Waals surface area contributed by atoms with E-state index in [1.165, 1.54) is 16.7 Å². The van der Waals surface area contributed by atoms with Crippen molar-refractivity contribution in [3.63, 3.8) is 0 Å². The number of aromatic nitrogens is 1. The van der Waals surface area contributed by atoms with Crippen molar-refractivity contribution in [1.82, 2.24) is 10.3 Å². The number of benzene rings is 1. The average Bonchev–Trinajstić information content (AvgIpc) is 2.38. The van der Waals surface area contributed by atoms with Crippen LogP contribution in [0.2, 0.25) is 0 Å². The van der Waals surface area contributed by atoms with Gasteiger partial charge in [0.2, 0.25) is 0 Å². The standard InChI is InChI=1S/C15H17BrN2/c1-11-3-4-14(15(16)9-11)10-18-12(2)13-5-7-17-8-6-13/h3-9,12,18H,10H2,1-2H3/t12-/m1/s1. The highest BCUT2D eigenvalue weighted by atomic mass is 79.9. The molecule has 1 aromatic heterocycles. The molecule has 18 heavy (non-hydrogen) atoms. The Bertz CT molecular complexity index is 511. The zero-order valence-electron chi connectivity index (χ0n) is 10.7. The molecule has 0 amide bonds. The SMILES string of the molecule is Cc1ccc(CN[C@H](C)c2ccncc2)c(Br)c1. The van der Waals surface area contributed by atoms with E-state index < -0.39 is 0 Å². The maximum Gasteiger partial charge on any atom is 0.0296 e. The summed E-state index contributed by atoms with van der Waals surface area (Å²) in [5.74, 6) is 0. The van der Waals surface area contributed by atoms with Crippen LogP contribution >= 0.6 is 15.9 Å². The van der Waals surface area contributed by atoms with E-state index in [2.05, 4.69) is 58.3 Å². The molecular formula is C15H17BrN2. The van der Waals surface area contributed by atoms with E-state index in [9.17, 15) is 0 Å². The van der Waals surface area contributed by atoms with Gasteiger partial charge in [-0.25, -0.2) is 0 Å². The maximum absolute atomic E-state index is 4.03. The minimum atomic E-state index is 0.321. The smallest absolute Gasteiger partial charge is 0.0296 e. The third-order valence-electron chi connectivity index (χ3n) is 3.01. The summed E-state index contributed by atoms with van der Waals surface area (Å²) in [4.78, 5) is 4.03. The molecule has 2 nitrogen and oxygen atoms in total. The number of nitrogens with zero attached hydrogens (tertiary/aromatic N) is 1. The molecular weight excluding hydrogens is 288 g/mol. The van der Waals surface area contributed by atoms with Crippen LogP contribution in [0.5, 0.6) is 0 Å². The highest BCUT2D eigenvalue weighted by Gasteiger charge is 2.05. The fourth-order valence-electron chi connectivity index (χ4n) is 1.83. The predicted octanol–water partition coefficient (Wildman–Crippen LogP) is 4.00. The second-order valence-corrected chi connectivity index (χ2v) is 5.33. The van der Waals surface area contributed by atoms with E-state index in [1.807, 2.05) is 24.5 Å². The summed E-state index contributed by atoms with van der Waals surface area (Å²) in [6.45, 7) is 5.11. The molecule has 2 rings (SSSR count). The number of pyridine rings is 1. The summed E-state index contributed by atoms with van der Waals surface area (Å²) in [5.41, 5.74) is 3.81. The normalized spacial score (nSPS) is 12.4. The zero-order valence-corrected chi connectivity index (χ0v) is 12.2. The molecule has 0 aliphatic rings. The molecule has 3 heteroatoms. The number of hydrogen-bond acceptors (Lipinski definition) is 2. The molecule has 0 bridgehead atoms. The first-order chi connectivity index (χ1) is 8.66. The van der Waals surface area contributed by atoms with Crippen LogP contribution in [0, 0.1) is 6.92 Å². The Kier molecular flexibility index (Phi) is 4.50. The van der Waals surface area contributed by atoms with Gasteiger partial charge in [0.25, 0.3) is 0 Å². The Morgan fingerprint density at radius 2 is 1.94 bits per heavy atom. The van der Waals surface area contributed by atoms with Gasteiger partial charge in [-0.05, 0) is 48.7 Å². The number of hydrogen-bond donors (Lipinski definition) is 1.